The monoisotopic (exact) mass is 1960 g/mol. The summed E-state index contributed by atoms with van der Waals surface area (Å²) in [6.45, 7) is 2.52. The first-order valence-corrected chi connectivity index (χ1v) is 43.8. The van der Waals surface area contributed by atoms with E-state index in [2.05, 4.69) is 133 Å². The zero-order valence-electron chi connectivity index (χ0n) is 77.8. The third kappa shape index (κ3) is 20.6. The molecule has 10 aromatic rings. The van der Waals surface area contributed by atoms with Crippen LogP contribution in [0.1, 0.15) is 113 Å². The van der Waals surface area contributed by atoms with E-state index in [0.29, 0.717) is 108 Å². The summed E-state index contributed by atoms with van der Waals surface area (Å²) in [4.78, 5) is 224. The van der Waals surface area contributed by atoms with Crippen LogP contribution >= 0.6 is 0 Å². The van der Waals surface area contributed by atoms with Crippen LogP contribution in [0, 0.1) is 71.3 Å². The molecule has 5 atom stereocenters. The van der Waals surface area contributed by atoms with E-state index in [1.54, 1.807) is 129 Å². The molecule has 5 fully saturated rings. The van der Waals surface area contributed by atoms with E-state index in [1.165, 1.54) is 120 Å². The largest absolute Gasteiger partial charge is 0.619 e. The Balaban J connectivity index is 0.000000130. The lowest BCUT2D eigenvalue weighted by Gasteiger charge is -2.26. The van der Waals surface area contributed by atoms with Gasteiger partial charge in [-0.2, -0.15) is 9.83 Å². The number of anilines is 1. The zero-order chi connectivity index (χ0) is 103. The van der Waals surface area contributed by atoms with E-state index in [9.17, 15) is 86.7 Å². The van der Waals surface area contributed by atoms with Gasteiger partial charge >= 0.3 is 30.2 Å². The van der Waals surface area contributed by atoms with Crippen LogP contribution in [0.5, 0.6) is 28.7 Å². The highest BCUT2D eigenvalue weighted by molar-refractivity contribution is 6.14. The molecule has 0 saturated carbocycles. The summed E-state index contributed by atoms with van der Waals surface area (Å²) in [5, 5.41) is 41.4. The normalized spacial score (nSPS) is 19.9. The molecule has 20 rings (SSSR count). The maximum atomic E-state index is 12.9. The van der Waals surface area contributed by atoms with E-state index in [0.717, 1.165) is 27.8 Å². The topological polar surface area (TPSA) is 588 Å². The first-order valence-electron chi connectivity index (χ1n) is 43.8. The molecule has 5 saturated heterocycles. The molecular weight excluding hydrogens is 1880 g/mol. The van der Waals surface area contributed by atoms with E-state index in [4.69, 9.17) is 29.4 Å². The average molecular weight is 1960 g/mol. The minimum Gasteiger partial charge on any atom is -0.619 e. The van der Waals surface area contributed by atoms with Crippen molar-refractivity contribution in [3.63, 3.8) is 0 Å². The van der Waals surface area contributed by atoms with Gasteiger partial charge in [0, 0.05) is 122 Å². The number of urea groups is 5. The molecule has 5 aromatic carbocycles. The number of aromatic amines is 2. The highest BCUT2D eigenvalue weighted by Crippen LogP contribution is 2.36. The number of fused-ring (bicyclic) bond motifs is 5. The SMILES string of the molecule is COc1ccc2c(c1)C(=O)N(C[C@@]1(C#Cc3c[nH]c(=O)cc3C)NC(=O)NC1=O)C2.COc1ccc2c(c1)C(=O)N(C[C@@]1(C#Cc3ccc[n+]([O-])c3)NC(=O)NC1=O)C2.COc1ccc2c(c1)C(=O)N(C[C@@]1(C#Cc3cccn(C)c3=O)NC(=O)NC1=O)C2.COc1ccc2c(c1)C(=O)N(C[C@@]1(C#Cc3cn[nH]c3)NC(=O)NC1=O)C2.COc1ccc2c(c1)C(=O)N(C[C@@]1(C#Cc3cncc(N)c3)NC(=O)NC1=O)C2. The van der Waals surface area contributed by atoms with Gasteiger partial charge in [0.25, 0.3) is 64.6 Å². The molecule has 10 aliphatic rings. The number of carbonyl (C=O) groups excluding carboxylic acids is 15. The Hall–Kier alpha value is -20.0. The Labute approximate surface area is 821 Å². The smallest absolute Gasteiger partial charge is 0.323 e. The van der Waals surface area contributed by atoms with Crippen LogP contribution in [0.3, 0.4) is 0 Å². The molecule has 10 aliphatic heterocycles. The summed E-state index contributed by atoms with van der Waals surface area (Å²) in [6, 6.07) is 31.9. The Bertz CT molecular complexity index is 7520. The number of benzene rings is 5. The minimum atomic E-state index is -1.67. The number of H-pyrrole nitrogens is 2. The van der Waals surface area contributed by atoms with Gasteiger partial charge in [0.2, 0.25) is 33.3 Å². The summed E-state index contributed by atoms with van der Waals surface area (Å²) in [5.74, 6) is 26.1. The Morgan fingerprint density at radius 2 is 0.717 bits per heavy atom. The standard InChI is InChI=1S/2C21H18N4O5.C20H17N5O4.C20H16N4O5.C18H15N5O4/c1-12-7-17(26)22-9-13(12)5-6-21(19(28)23-20(29)24-21)11-25-10-14-3-4-15(30-2)8-16(14)18(25)27;1-24-9-3-4-13(17(24)26)7-8-21(19(28)22-20(29)23-21)12-25-11-14-5-6-15(30-2)10-16(14)18(25)27;1-29-15-3-2-13-10-25(17(26)16(13)7-15)11-20(18(27)23-19(28)24-20)5-4-12-6-14(21)9-22-8-12;1-29-15-5-4-14-11-23(17(25)16(14)9-15)12-20(18(26)21-19(27)22-20)7-6-13-3-2-8-24(28)10-13;1-27-13-3-2-12-9-23(15(24)14(12)6-13)10-18(16(25)21-17(26)22-18)5-4-11-7-19-20-8-11/h3-4,7-9H,10-11H2,1-2H3,(H,22,26)(H2,23,24,28,29);3-6,9-10H,11-12H2,1-2H3,(H2,22,23,28,29);2-3,6-9H,10-11,21H2,1H3,(H2,23,24,27,28);2-5,8-10H,11-12H2,1H3,(H2,21,22,26,27);2-3,6-8H,9-10H2,1H3,(H,19,20)(H2,21,22,25,26)/t2*21-;2*20-;18-/m11111/s1. The van der Waals surface area contributed by atoms with E-state index >= 15 is 0 Å². The second-order valence-corrected chi connectivity index (χ2v) is 33.9. The first kappa shape index (κ1) is 98.0. The Kier molecular flexibility index (Phi) is 27.2. The summed E-state index contributed by atoms with van der Waals surface area (Å²) >= 11 is 0. The number of imide groups is 5. The van der Waals surface area contributed by atoms with Gasteiger partial charge in [-0.3, -0.25) is 94.2 Å². The number of nitrogens with zero attached hydrogens (tertiary/aromatic N) is 9. The average Bonchev–Trinajstić information content (AvgIpc) is 1.63. The number of hydrogen-bond acceptors (Lipinski definition) is 26. The molecule has 5 aromatic heterocycles. The van der Waals surface area contributed by atoms with Crippen molar-refractivity contribution >= 4 is 94.9 Å². The number of amides is 20. The number of methoxy groups -OCH3 is 5. The fraction of sp³-hybridized carbons (Fsp3) is 0.220. The molecule has 0 unspecified atom stereocenters. The summed E-state index contributed by atoms with van der Waals surface area (Å²) in [6.07, 6.45) is 11.6. The van der Waals surface area contributed by atoms with Gasteiger partial charge in [0.15, 0.2) is 12.4 Å². The molecule has 45 heteroatoms. The van der Waals surface area contributed by atoms with Crippen molar-refractivity contribution in [1.29, 1.82) is 0 Å². The predicted octanol–water partition coefficient (Wildman–Crippen LogP) is 0.434. The number of carbonyl (C=O) groups is 15. The first-order chi connectivity index (χ1) is 69.4. The van der Waals surface area contributed by atoms with Crippen LogP contribution < -0.4 is 98.4 Å². The third-order valence-corrected chi connectivity index (χ3v) is 24.2. The second-order valence-electron chi connectivity index (χ2n) is 33.9. The maximum Gasteiger partial charge on any atom is 0.323 e. The van der Waals surface area contributed by atoms with Crippen LogP contribution in [-0.4, -0.2) is 234 Å². The molecule has 0 aliphatic carbocycles. The highest BCUT2D eigenvalue weighted by atomic mass is 16.5. The number of nitrogens with two attached hydrogens (primary N) is 1. The van der Waals surface area contributed by atoms with Crippen LogP contribution in [0.4, 0.5) is 29.7 Å². The Morgan fingerprint density at radius 3 is 1.02 bits per heavy atom. The van der Waals surface area contributed by atoms with E-state index in [1.807, 2.05) is 6.07 Å². The van der Waals surface area contributed by atoms with Crippen molar-refractivity contribution in [2.75, 3.05) is 74.0 Å². The van der Waals surface area contributed by atoms with Crippen molar-refractivity contribution in [3.8, 4) is 88.0 Å². The van der Waals surface area contributed by atoms with Gasteiger partial charge in [-0.1, -0.05) is 89.5 Å². The number of hydrogen-bond donors (Lipinski definition) is 13. The maximum absolute atomic E-state index is 12.9. The van der Waals surface area contributed by atoms with Crippen molar-refractivity contribution in [2.24, 2.45) is 7.05 Å². The number of ether oxygens (including phenoxy) is 5. The quantitative estimate of drug-likeness (QED) is 0.0286. The Morgan fingerprint density at radius 1 is 0.386 bits per heavy atom. The van der Waals surface area contributed by atoms with Crippen LogP contribution in [0.2, 0.25) is 0 Å². The number of nitrogen functional groups attached to an aromatic ring is 1. The minimum absolute atomic E-state index is 0.0781. The summed E-state index contributed by atoms with van der Waals surface area (Å²) in [5.41, 5.74) is 6.68. The van der Waals surface area contributed by atoms with Crippen molar-refractivity contribution < 1.29 is 100 Å². The fourth-order valence-corrected chi connectivity index (χ4v) is 16.7. The lowest BCUT2D eigenvalue weighted by atomic mass is 9.98. The van der Waals surface area contributed by atoms with Crippen LogP contribution in [0.15, 0.2) is 187 Å². The predicted molar refractivity (Wildman–Crippen MR) is 506 cm³/mol. The molecule has 45 nitrogen and oxygen atoms in total. The molecule has 0 spiro atoms. The van der Waals surface area contributed by atoms with E-state index in [-0.39, 0.29) is 98.6 Å². The van der Waals surface area contributed by atoms with Gasteiger partial charge in [-0.25, -0.2) is 24.0 Å². The van der Waals surface area contributed by atoms with Gasteiger partial charge in [0.1, 0.15) is 28.7 Å². The number of rotatable bonds is 15. The van der Waals surface area contributed by atoms with Gasteiger partial charge in [-0.15, -0.1) is 0 Å². The highest BCUT2D eigenvalue weighted by Gasteiger charge is 2.54. The van der Waals surface area contributed by atoms with E-state index < -0.39 is 87.4 Å². The fourth-order valence-electron chi connectivity index (χ4n) is 16.7. The molecule has 732 valence electrons. The molecule has 145 heavy (non-hydrogen) atoms. The molecule has 20 amide bonds. The van der Waals surface area contributed by atoms with Crippen molar-refractivity contribution in [2.45, 2.75) is 67.3 Å². The number of pyridine rings is 4. The zero-order valence-corrected chi connectivity index (χ0v) is 77.8. The number of nitrogens with one attached hydrogen (secondary N) is 12. The van der Waals surface area contributed by atoms with Crippen molar-refractivity contribution in [3.05, 3.63) is 292 Å². The van der Waals surface area contributed by atoms with Crippen LogP contribution in [0.25, 0.3) is 0 Å². The number of aromatic nitrogens is 6. The second kappa shape index (κ2) is 40.2. The lowest BCUT2D eigenvalue weighted by Crippen LogP contribution is -2.54. The molecule has 0 radical (unpaired) electrons. The van der Waals surface area contributed by atoms with Gasteiger partial charge in [-0.05, 0) is 125 Å². The molecule has 14 N–H and O–H groups in total. The third-order valence-electron chi connectivity index (χ3n) is 24.2. The number of aryl methyl sites for hydroxylation is 2. The molecule has 0 bridgehead atoms. The summed E-state index contributed by atoms with van der Waals surface area (Å²) < 4.78 is 27.8. The summed E-state index contributed by atoms with van der Waals surface area (Å²) in [7, 11) is 9.17. The van der Waals surface area contributed by atoms with Crippen molar-refractivity contribution in [1.82, 2.24) is 102 Å². The van der Waals surface area contributed by atoms with Crippen LogP contribution in [-0.2, 0) is 63.7 Å². The van der Waals surface area contributed by atoms with Gasteiger partial charge in [0.05, 0.1) is 96.8 Å². The van der Waals surface area contributed by atoms with Gasteiger partial charge < -0.3 is 95.3 Å². The molecule has 15 heterocycles. The molecular formula is C100H84N22O23. The lowest BCUT2D eigenvalue weighted by molar-refractivity contribution is -0.605.